The second-order valence-electron chi connectivity index (χ2n) is 15.1. The molecule has 0 spiro atoms. The van der Waals surface area contributed by atoms with Crippen LogP contribution in [0, 0.1) is 11.7 Å². The molecular weight excluding hydrogens is 728 g/mol. The van der Waals surface area contributed by atoms with Crippen LogP contribution in [0.15, 0.2) is 72.8 Å². The van der Waals surface area contributed by atoms with Crippen molar-refractivity contribution in [2.24, 2.45) is 5.92 Å². The van der Waals surface area contributed by atoms with Crippen LogP contribution in [0.5, 0.6) is 0 Å². The number of β-lactam (4-membered cyclic amide) rings is 1. The molecule has 2 heterocycles. The fourth-order valence-electron chi connectivity index (χ4n) is 7.29. The maximum Gasteiger partial charge on any atom is 0.303 e. The zero-order chi connectivity index (χ0) is 39.8. The van der Waals surface area contributed by atoms with Gasteiger partial charge in [0.25, 0.3) is 0 Å². The van der Waals surface area contributed by atoms with E-state index in [1.165, 1.54) is 26.0 Å². The van der Waals surface area contributed by atoms with E-state index in [1.807, 2.05) is 38.1 Å². The summed E-state index contributed by atoms with van der Waals surface area (Å²) in [7, 11) is -3.25. The molecule has 0 saturated carbocycles. The monoisotopic (exact) mass is 780 g/mol. The van der Waals surface area contributed by atoms with Crippen LogP contribution in [-0.2, 0) is 56.2 Å². The van der Waals surface area contributed by atoms with Gasteiger partial charge in [-0.25, -0.2) is 17.5 Å². The van der Waals surface area contributed by atoms with E-state index < -0.39 is 39.3 Å². The molecule has 0 aliphatic carbocycles. The molecule has 2 saturated heterocycles. The van der Waals surface area contributed by atoms with Crippen LogP contribution >= 0.6 is 0 Å². The predicted octanol–water partition coefficient (Wildman–Crippen LogP) is 6.89. The summed E-state index contributed by atoms with van der Waals surface area (Å²) in [6.45, 7) is 7.31. The number of benzene rings is 3. The number of carbonyl (C=O) groups excluding carboxylic acids is 3. The lowest BCUT2D eigenvalue weighted by molar-refractivity contribution is -0.305. The van der Waals surface area contributed by atoms with Crippen molar-refractivity contribution in [2.45, 2.75) is 103 Å². The van der Waals surface area contributed by atoms with E-state index in [9.17, 15) is 27.2 Å². The number of hydrogen-bond donors (Lipinski definition) is 1. The maximum absolute atomic E-state index is 13.9. The Morgan fingerprint density at radius 1 is 0.891 bits per heavy atom. The Kier molecular flexibility index (Phi) is 13.9. The molecule has 0 bridgehead atoms. The number of nitrogens with one attached hydrogen (secondary N) is 1. The lowest BCUT2D eigenvalue weighted by atomic mass is 9.78. The van der Waals surface area contributed by atoms with Gasteiger partial charge in [0.15, 0.2) is 11.4 Å². The van der Waals surface area contributed by atoms with E-state index >= 15 is 0 Å². The molecule has 3 atom stereocenters. The van der Waals surface area contributed by atoms with Crippen molar-refractivity contribution in [1.29, 1.82) is 0 Å². The highest BCUT2D eigenvalue weighted by molar-refractivity contribution is 7.88. The number of rotatable bonds is 18. The van der Waals surface area contributed by atoms with Gasteiger partial charge in [-0.1, -0.05) is 48.5 Å². The number of anilines is 1. The molecule has 11 nitrogen and oxygen atoms in total. The summed E-state index contributed by atoms with van der Waals surface area (Å²) in [6, 6.07) is 21.6. The van der Waals surface area contributed by atoms with Crippen molar-refractivity contribution in [2.75, 3.05) is 30.9 Å². The molecule has 2 aliphatic heterocycles. The van der Waals surface area contributed by atoms with E-state index in [-0.39, 0.29) is 37.0 Å². The molecule has 2 fully saturated rings. The molecule has 5 rings (SSSR count). The largest absolute Gasteiger partial charge is 0.458 e. The smallest absolute Gasteiger partial charge is 0.303 e. The van der Waals surface area contributed by atoms with Gasteiger partial charge in [-0.3, -0.25) is 14.4 Å². The Morgan fingerprint density at radius 3 is 2.07 bits per heavy atom. The second kappa shape index (κ2) is 18.2. The van der Waals surface area contributed by atoms with E-state index in [1.54, 1.807) is 17.0 Å². The van der Waals surface area contributed by atoms with Crippen LogP contribution in [0.1, 0.15) is 101 Å². The summed E-state index contributed by atoms with van der Waals surface area (Å²) in [5, 5.41) is 0. The average Bonchev–Trinajstić information content (AvgIpc) is 3.12. The van der Waals surface area contributed by atoms with Gasteiger partial charge in [0.05, 0.1) is 31.4 Å². The quantitative estimate of drug-likeness (QED) is 0.0831. The highest BCUT2D eigenvalue weighted by Crippen LogP contribution is 2.47. The van der Waals surface area contributed by atoms with E-state index in [0.29, 0.717) is 44.2 Å². The second-order valence-corrected chi connectivity index (χ2v) is 17.0. The number of amides is 1. The molecule has 298 valence electrons. The van der Waals surface area contributed by atoms with Crippen molar-refractivity contribution in [3.8, 4) is 0 Å². The van der Waals surface area contributed by atoms with Crippen molar-refractivity contribution in [3.05, 3.63) is 101 Å². The van der Waals surface area contributed by atoms with Crippen LogP contribution in [0.2, 0.25) is 0 Å². The molecule has 1 amide bonds. The van der Waals surface area contributed by atoms with E-state index in [4.69, 9.17) is 18.9 Å². The third-order valence-corrected chi connectivity index (χ3v) is 10.8. The summed E-state index contributed by atoms with van der Waals surface area (Å²) in [6.07, 6.45) is 5.73. The van der Waals surface area contributed by atoms with Gasteiger partial charge in [-0.2, -0.15) is 0 Å². The van der Waals surface area contributed by atoms with Gasteiger partial charge >= 0.3 is 11.9 Å². The molecule has 3 aromatic carbocycles. The highest BCUT2D eigenvalue weighted by Gasteiger charge is 2.48. The van der Waals surface area contributed by atoms with Crippen LogP contribution in [0.3, 0.4) is 0 Å². The zero-order valence-electron chi connectivity index (χ0n) is 32.3. The number of carbonyl (C=O) groups is 3. The molecule has 1 N–H and O–H groups in total. The SMILES string of the molecule is CC(=O)O[C@@H](CCC1C(=O)N(c2ccc(CCCNS(C)(=O)=O)cc2)[C@@H]1c1ccc(CCCCC2(OC(C)=O)COC(C)(C)OC2)cc1)c1ccc(F)cc1. The minimum atomic E-state index is -3.25. The Bertz CT molecular complexity index is 1870. The van der Waals surface area contributed by atoms with Gasteiger partial charge in [-0.05, 0) is 112 Å². The topological polar surface area (TPSA) is 138 Å². The molecule has 2 aliphatic rings. The summed E-state index contributed by atoms with van der Waals surface area (Å²) in [5.41, 5.74) is 3.75. The first-order chi connectivity index (χ1) is 26.0. The summed E-state index contributed by atoms with van der Waals surface area (Å²) in [4.78, 5) is 39.6. The van der Waals surface area contributed by atoms with Crippen LogP contribution < -0.4 is 9.62 Å². The minimum absolute atomic E-state index is 0.0411. The normalized spacial score (nSPS) is 19.7. The van der Waals surface area contributed by atoms with Crippen molar-refractivity contribution in [1.82, 2.24) is 4.72 Å². The van der Waals surface area contributed by atoms with Crippen LogP contribution in [-0.4, -0.2) is 63.7 Å². The molecule has 55 heavy (non-hydrogen) atoms. The molecular formula is C42H53FN2O9S. The van der Waals surface area contributed by atoms with Gasteiger partial charge in [-0.15, -0.1) is 0 Å². The summed E-state index contributed by atoms with van der Waals surface area (Å²) in [5.74, 6) is -2.35. The first-order valence-electron chi connectivity index (χ1n) is 18.9. The number of sulfonamides is 1. The fraction of sp³-hybridized carbons (Fsp3) is 0.500. The fourth-order valence-corrected chi connectivity index (χ4v) is 7.80. The van der Waals surface area contributed by atoms with Crippen LogP contribution in [0.4, 0.5) is 10.1 Å². The average molecular weight is 781 g/mol. The first-order valence-corrected chi connectivity index (χ1v) is 20.8. The third kappa shape index (κ3) is 11.9. The number of esters is 2. The molecule has 3 aromatic rings. The number of hydrogen-bond acceptors (Lipinski definition) is 9. The Morgan fingerprint density at radius 2 is 1.49 bits per heavy atom. The number of halogens is 1. The van der Waals surface area contributed by atoms with Crippen molar-refractivity contribution in [3.63, 3.8) is 0 Å². The summed E-state index contributed by atoms with van der Waals surface area (Å²) >= 11 is 0. The molecule has 13 heteroatoms. The zero-order valence-corrected chi connectivity index (χ0v) is 33.2. The minimum Gasteiger partial charge on any atom is -0.458 e. The molecule has 0 aromatic heterocycles. The van der Waals surface area contributed by atoms with E-state index in [0.717, 1.165) is 47.9 Å². The number of unbranched alkanes of at least 4 members (excludes halogenated alkanes) is 1. The Labute approximate surface area is 323 Å². The van der Waals surface area contributed by atoms with Crippen LogP contribution in [0.25, 0.3) is 0 Å². The van der Waals surface area contributed by atoms with Gasteiger partial charge in [0, 0.05) is 26.1 Å². The third-order valence-electron chi connectivity index (χ3n) is 10.1. The molecule has 0 radical (unpaired) electrons. The first kappa shape index (κ1) is 42.0. The Hall–Kier alpha value is -4.17. The number of nitrogens with zero attached hydrogens (tertiary/aromatic N) is 1. The van der Waals surface area contributed by atoms with Crippen molar-refractivity contribution < 1.29 is 46.1 Å². The molecule has 1 unspecified atom stereocenters. The standard InChI is InChI=1S/C42H53FN2O9S/c1-29(46)53-38(33-17-19-35(43)20-18-33)24-23-37-39(45(40(37)48)36-21-13-32(14-22-36)10-8-26-44-55(5,49)50)34-15-11-31(12-16-34)9-6-7-25-42(54-30(2)47)27-51-41(3,4)52-28-42/h11-22,37-39,44H,6-10,23-28H2,1-5H3/t37?,38-,39+/m0/s1. The number of aryl methyl sites for hydroxylation is 2. The number of ether oxygens (including phenoxy) is 4. The predicted molar refractivity (Wildman–Crippen MR) is 206 cm³/mol. The van der Waals surface area contributed by atoms with Gasteiger partial charge in [0.1, 0.15) is 11.9 Å². The lowest BCUT2D eigenvalue weighted by Crippen LogP contribution is -2.55. The Balaban J connectivity index is 1.28. The van der Waals surface area contributed by atoms with E-state index in [2.05, 4.69) is 29.0 Å². The lowest BCUT2D eigenvalue weighted by Gasteiger charge is -2.48. The van der Waals surface area contributed by atoms with Gasteiger partial charge in [0.2, 0.25) is 15.9 Å². The highest BCUT2D eigenvalue weighted by atomic mass is 32.2. The van der Waals surface area contributed by atoms with Crippen molar-refractivity contribution >= 4 is 33.6 Å². The van der Waals surface area contributed by atoms with Gasteiger partial charge < -0.3 is 23.8 Å². The summed E-state index contributed by atoms with van der Waals surface area (Å²) < 4.78 is 62.0. The maximum atomic E-state index is 13.9.